The zero-order chi connectivity index (χ0) is 29.4. The number of carbonyl (C=O) groups is 1. The SMILES string of the molecule is CSc1cccc(SNC(=O)c2ccc(-n3ccc(OCCC4(C(F)(F)F)CC4)n3)nc2N2CC(C)CC2(C)C)c1. The number of hydrogen-bond acceptors (Lipinski definition) is 7. The molecule has 41 heavy (non-hydrogen) atoms. The van der Waals surface area contributed by atoms with Gasteiger partial charge in [0.25, 0.3) is 5.91 Å². The molecule has 220 valence electrons. The predicted molar refractivity (Wildman–Crippen MR) is 156 cm³/mol. The monoisotopic (exact) mass is 605 g/mol. The lowest BCUT2D eigenvalue weighted by Crippen LogP contribution is -2.40. The maximum absolute atomic E-state index is 13.4. The standard InChI is InChI=1S/C29H34F3N5O2S2/c1-19-17-27(2,3)36(18-19)25-22(26(38)35-41-21-7-5-6-20(16-21)40-4)8-9-23(33-25)37-14-10-24(34-37)39-15-13-28(11-12-28)29(30,31)32/h5-10,14,16,19H,11-13,15,17-18H2,1-4H3,(H,35,38). The maximum Gasteiger partial charge on any atom is 0.394 e. The van der Waals surface area contributed by atoms with E-state index >= 15 is 0 Å². The number of ether oxygens (including phenoxy) is 1. The second-order valence-corrected chi connectivity index (χ2v) is 13.2. The molecule has 3 heterocycles. The molecule has 0 spiro atoms. The molecular weight excluding hydrogens is 571 g/mol. The number of alkyl halides is 3. The number of hydrogen-bond donors (Lipinski definition) is 1. The lowest BCUT2D eigenvalue weighted by molar-refractivity contribution is -0.190. The van der Waals surface area contributed by atoms with E-state index in [4.69, 9.17) is 9.72 Å². The van der Waals surface area contributed by atoms with Crippen LogP contribution in [0.1, 0.15) is 56.8 Å². The Labute approximate surface area is 246 Å². The molecule has 0 bridgehead atoms. The first-order valence-electron chi connectivity index (χ1n) is 13.6. The van der Waals surface area contributed by atoms with E-state index in [1.165, 1.54) is 16.6 Å². The molecule has 1 saturated heterocycles. The first kappa shape index (κ1) is 29.6. The number of anilines is 1. The third-order valence-electron chi connectivity index (χ3n) is 7.82. The van der Waals surface area contributed by atoms with E-state index < -0.39 is 11.6 Å². The summed E-state index contributed by atoms with van der Waals surface area (Å²) in [5.74, 6) is 1.44. The van der Waals surface area contributed by atoms with Crippen LogP contribution in [0.3, 0.4) is 0 Å². The molecule has 0 radical (unpaired) electrons. The van der Waals surface area contributed by atoms with Gasteiger partial charge in [-0.1, -0.05) is 13.0 Å². The first-order valence-corrected chi connectivity index (χ1v) is 15.6. The van der Waals surface area contributed by atoms with Crippen molar-refractivity contribution in [1.82, 2.24) is 19.5 Å². The van der Waals surface area contributed by atoms with Crippen molar-refractivity contribution in [2.45, 2.75) is 68.0 Å². The summed E-state index contributed by atoms with van der Waals surface area (Å²) in [5.41, 5.74) is -1.37. The van der Waals surface area contributed by atoms with Crippen molar-refractivity contribution in [1.29, 1.82) is 0 Å². The fourth-order valence-corrected chi connectivity index (χ4v) is 6.61. The minimum Gasteiger partial charge on any atom is -0.477 e. The quantitative estimate of drug-likeness (QED) is 0.194. The highest BCUT2D eigenvalue weighted by atomic mass is 32.2. The van der Waals surface area contributed by atoms with Crippen molar-refractivity contribution < 1.29 is 22.7 Å². The minimum absolute atomic E-state index is 0.0638. The Bertz CT molecular complexity index is 1410. The molecule has 3 aromatic rings. The Kier molecular flexibility index (Phi) is 8.26. The summed E-state index contributed by atoms with van der Waals surface area (Å²) in [6.45, 7) is 7.15. The molecule has 1 atom stereocenters. The highest BCUT2D eigenvalue weighted by molar-refractivity contribution is 7.99. The molecule has 1 unspecified atom stereocenters. The van der Waals surface area contributed by atoms with E-state index in [-0.39, 0.29) is 43.2 Å². The number of pyridine rings is 1. The lowest BCUT2D eigenvalue weighted by atomic mass is 9.97. The number of aromatic nitrogens is 3. The van der Waals surface area contributed by atoms with Crippen LogP contribution in [0.15, 0.2) is 58.5 Å². The summed E-state index contributed by atoms with van der Waals surface area (Å²) >= 11 is 2.90. The number of nitrogens with one attached hydrogen (secondary N) is 1. The van der Waals surface area contributed by atoms with E-state index in [1.807, 2.05) is 30.5 Å². The number of halogens is 3. The predicted octanol–water partition coefficient (Wildman–Crippen LogP) is 7.16. The summed E-state index contributed by atoms with van der Waals surface area (Å²) in [6.07, 6.45) is 0.621. The Morgan fingerprint density at radius 2 is 1.93 bits per heavy atom. The molecule has 2 aromatic heterocycles. The maximum atomic E-state index is 13.4. The van der Waals surface area contributed by atoms with Gasteiger partial charge >= 0.3 is 6.18 Å². The average Bonchev–Trinajstić information content (AvgIpc) is 3.50. The van der Waals surface area contributed by atoms with Gasteiger partial charge in [0.2, 0.25) is 5.88 Å². The van der Waals surface area contributed by atoms with Gasteiger partial charge in [-0.2, -0.15) is 13.2 Å². The fraction of sp³-hybridized carbons (Fsp3) is 0.483. The topological polar surface area (TPSA) is 72.3 Å². The van der Waals surface area contributed by atoms with Crippen molar-refractivity contribution in [2.24, 2.45) is 11.3 Å². The summed E-state index contributed by atoms with van der Waals surface area (Å²) in [7, 11) is 0. The molecule has 1 N–H and O–H groups in total. The van der Waals surface area contributed by atoms with E-state index in [2.05, 4.69) is 35.5 Å². The largest absolute Gasteiger partial charge is 0.477 e. The van der Waals surface area contributed by atoms with Gasteiger partial charge in [0.05, 0.1) is 17.6 Å². The van der Waals surface area contributed by atoms with Gasteiger partial charge in [-0.25, -0.2) is 9.67 Å². The number of nitrogens with zero attached hydrogens (tertiary/aromatic N) is 4. The number of thioether (sulfide) groups is 1. The molecule has 1 saturated carbocycles. The van der Waals surface area contributed by atoms with Gasteiger partial charge in [-0.3, -0.25) is 9.52 Å². The van der Waals surface area contributed by atoms with Crippen molar-refractivity contribution in [3.05, 3.63) is 54.2 Å². The Hall–Kier alpha value is -2.86. The molecule has 2 aliphatic rings. The molecular formula is C29H34F3N5O2S2. The van der Waals surface area contributed by atoms with Crippen LogP contribution in [-0.2, 0) is 0 Å². The van der Waals surface area contributed by atoms with E-state index in [9.17, 15) is 18.0 Å². The van der Waals surface area contributed by atoms with Crippen molar-refractivity contribution in [3.63, 3.8) is 0 Å². The molecule has 1 aliphatic heterocycles. The molecule has 12 heteroatoms. The number of carbonyl (C=O) groups excluding carboxylic acids is 1. The minimum atomic E-state index is -4.21. The van der Waals surface area contributed by atoms with Crippen molar-refractivity contribution in [3.8, 4) is 11.7 Å². The van der Waals surface area contributed by atoms with Gasteiger partial charge < -0.3 is 9.64 Å². The summed E-state index contributed by atoms with van der Waals surface area (Å²) in [5, 5.41) is 4.39. The second-order valence-electron chi connectivity index (χ2n) is 11.5. The van der Waals surface area contributed by atoms with Gasteiger partial charge in [-0.15, -0.1) is 16.9 Å². The fourth-order valence-electron chi connectivity index (χ4n) is 5.42. The Morgan fingerprint density at radius 3 is 2.59 bits per heavy atom. The molecule has 1 aliphatic carbocycles. The third kappa shape index (κ3) is 6.48. The Morgan fingerprint density at radius 1 is 1.17 bits per heavy atom. The zero-order valence-electron chi connectivity index (χ0n) is 23.5. The molecule has 7 nitrogen and oxygen atoms in total. The highest BCUT2D eigenvalue weighted by Crippen LogP contribution is 2.59. The molecule has 1 aromatic carbocycles. The van der Waals surface area contributed by atoms with Crippen molar-refractivity contribution in [2.75, 3.05) is 24.3 Å². The van der Waals surface area contributed by atoms with Gasteiger partial charge in [0, 0.05) is 34.1 Å². The van der Waals surface area contributed by atoms with Gasteiger partial charge in [0.15, 0.2) is 5.82 Å². The number of benzene rings is 1. The number of amides is 1. The van der Waals surface area contributed by atoms with E-state index in [0.29, 0.717) is 23.1 Å². The summed E-state index contributed by atoms with van der Waals surface area (Å²) < 4.78 is 49.7. The first-order chi connectivity index (χ1) is 19.4. The summed E-state index contributed by atoms with van der Waals surface area (Å²) in [6, 6.07) is 13.0. The number of rotatable bonds is 10. The van der Waals surface area contributed by atoms with Crippen LogP contribution in [0.25, 0.3) is 5.82 Å². The van der Waals surface area contributed by atoms with E-state index in [1.54, 1.807) is 36.2 Å². The van der Waals surface area contributed by atoms with Gasteiger partial charge in [0.1, 0.15) is 5.82 Å². The van der Waals surface area contributed by atoms with Crippen LogP contribution in [0.2, 0.25) is 0 Å². The molecule has 5 rings (SSSR count). The van der Waals surface area contributed by atoms with Crippen LogP contribution < -0.4 is 14.4 Å². The normalized spacial score (nSPS) is 19.3. The van der Waals surface area contributed by atoms with Crippen LogP contribution in [0.5, 0.6) is 5.88 Å². The highest BCUT2D eigenvalue weighted by Gasteiger charge is 2.62. The smallest absolute Gasteiger partial charge is 0.394 e. The second kappa shape index (κ2) is 11.4. The lowest BCUT2D eigenvalue weighted by Gasteiger charge is -2.34. The molecule has 1 amide bonds. The third-order valence-corrected chi connectivity index (χ3v) is 9.32. The van der Waals surface area contributed by atoms with Gasteiger partial charge in [-0.05, 0) is 94.0 Å². The zero-order valence-corrected chi connectivity index (χ0v) is 25.1. The Balaban J connectivity index is 1.35. The van der Waals surface area contributed by atoms with Crippen LogP contribution >= 0.6 is 23.7 Å². The van der Waals surface area contributed by atoms with Crippen LogP contribution in [0.4, 0.5) is 19.0 Å². The van der Waals surface area contributed by atoms with E-state index in [0.717, 1.165) is 22.8 Å². The summed E-state index contributed by atoms with van der Waals surface area (Å²) in [4.78, 5) is 22.5. The molecule has 2 fully saturated rings. The average molecular weight is 606 g/mol. The van der Waals surface area contributed by atoms with Crippen LogP contribution in [-0.4, -0.2) is 51.8 Å². The van der Waals surface area contributed by atoms with Crippen LogP contribution in [0, 0.1) is 11.3 Å². The van der Waals surface area contributed by atoms with Crippen molar-refractivity contribution >= 4 is 35.4 Å².